The van der Waals surface area contributed by atoms with Gasteiger partial charge >= 0.3 is 5.97 Å². The van der Waals surface area contributed by atoms with E-state index in [4.69, 9.17) is 9.84 Å². The lowest BCUT2D eigenvalue weighted by Crippen LogP contribution is -2.31. The maximum atomic E-state index is 12.4. The summed E-state index contributed by atoms with van der Waals surface area (Å²) >= 11 is 0. The largest absolute Gasteiger partial charge is 0.466 e. The Bertz CT molecular complexity index is 639. The van der Waals surface area contributed by atoms with Gasteiger partial charge in [0.05, 0.1) is 31.9 Å². The number of β-amino-alcohol motifs (C(OH)–C–C–N with tert-alkyl or cyclic N) is 1. The number of carbonyl (C=O) groups is 2. The van der Waals surface area contributed by atoms with E-state index in [0.29, 0.717) is 11.3 Å². The Labute approximate surface area is 134 Å². The summed E-state index contributed by atoms with van der Waals surface area (Å²) < 4.78 is 4.72. The summed E-state index contributed by atoms with van der Waals surface area (Å²) in [6, 6.07) is 6.94. The van der Waals surface area contributed by atoms with Gasteiger partial charge in [-0.05, 0) is 24.6 Å². The fraction of sp³-hybridized carbons (Fsp3) is 0.375. The number of nitrogens with one attached hydrogen (secondary N) is 1. The SMILES string of the molecule is COC(=O)C1=C(Nc2cccc(C(C)O)c2)C(=O)N(CCO)C1. The molecule has 0 spiro atoms. The lowest BCUT2D eigenvalue weighted by Gasteiger charge is -2.15. The lowest BCUT2D eigenvalue weighted by molar-refractivity contribution is -0.136. The standard InChI is InChI=1S/C16H20N2O5/c1-10(20)11-4-3-5-12(8-11)17-14-13(16(22)23-2)9-18(6-7-19)15(14)21/h3-5,8,10,17,19-20H,6-7,9H2,1-2H3. The summed E-state index contributed by atoms with van der Waals surface area (Å²) in [5, 5.41) is 21.6. The summed E-state index contributed by atoms with van der Waals surface area (Å²) in [4.78, 5) is 25.6. The number of amides is 1. The van der Waals surface area contributed by atoms with Crippen LogP contribution >= 0.6 is 0 Å². The van der Waals surface area contributed by atoms with Crippen molar-refractivity contribution < 1.29 is 24.5 Å². The zero-order valence-corrected chi connectivity index (χ0v) is 13.1. The third kappa shape index (κ3) is 3.69. The number of rotatable bonds is 6. The first-order valence-corrected chi connectivity index (χ1v) is 7.24. The number of nitrogens with zero attached hydrogens (tertiary/aromatic N) is 1. The molecule has 1 atom stereocenters. The van der Waals surface area contributed by atoms with Gasteiger partial charge in [0, 0.05) is 12.2 Å². The lowest BCUT2D eigenvalue weighted by atomic mass is 10.1. The maximum Gasteiger partial charge on any atom is 0.337 e. The summed E-state index contributed by atoms with van der Waals surface area (Å²) in [5.74, 6) is -0.963. The molecule has 0 saturated carbocycles. The van der Waals surface area contributed by atoms with E-state index in [1.165, 1.54) is 12.0 Å². The molecule has 7 heteroatoms. The van der Waals surface area contributed by atoms with Crippen LogP contribution < -0.4 is 5.32 Å². The molecule has 0 radical (unpaired) electrons. The second kappa shape index (κ2) is 7.26. The normalized spacial score (nSPS) is 15.8. The van der Waals surface area contributed by atoms with Crippen molar-refractivity contribution in [3.8, 4) is 0 Å². The monoisotopic (exact) mass is 320 g/mol. The van der Waals surface area contributed by atoms with Crippen LogP contribution in [0.4, 0.5) is 5.69 Å². The summed E-state index contributed by atoms with van der Waals surface area (Å²) in [6.45, 7) is 1.68. The fourth-order valence-electron chi connectivity index (χ4n) is 2.37. The molecule has 0 saturated heterocycles. The first-order valence-electron chi connectivity index (χ1n) is 7.24. The highest BCUT2D eigenvalue weighted by atomic mass is 16.5. The van der Waals surface area contributed by atoms with E-state index in [1.807, 2.05) is 0 Å². The zero-order valence-electron chi connectivity index (χ0n) is 13.1. The van der Waals surface area contributed by atoms with Crippen molar-refractivity contribution in [2.24, 2.45) is 0 Å². The Hall–Kier alpha value is -2.38. The van der Waals surface area contributed by atoms with Crippen LogP contribution in [0.5, 0.6) is 0 Å². The quantitative estimate of drug-likeness (QED) is 0.657. The van der Waals surface area contributed by atoms with E-state index in [1.54, 1.807) is 31.2 Å². The molecular formula is C16H20N2O5. The third-order valence-electron chi connectivity index (χ3n) is 3.59. The van der Waals surface area contributed by atoms with Gasteiger partial charge < -0.3 is 25.2 Å². The molecule has 1 unspecified atom stereocenters. The van der Waals surface area contributed by atoms with E-state index >= 15 is 0 Å². The smallest absolute Gasteiger partial charge is 0.337 e. The highest BCUT2D eigenvalue weighted by Crippen LogP contribution is 2.24. The van der Waals surface area contributed by atoms with E-state index in [9.17, 15) is 14.7 Å². The number of hydrogen-bond donors (Lipinski definition) is 3. The van der Waals surface area contributed by atoms with Crippen molar-refractivity contribution in [2.45, 2.75) is 13.0 Å². The van der Waals surface area contributed by atoms with Gasteiger partial charge in [-0.25, -0.2) is 4.79 Å². The molecule has 1 amide bonds. The van der Waals surface area contributed by atoms with E-state index in [2.05, 4.69) is 5.32 Å². The van der Waals surface area contributed by atoms with Crippen LogP contribution in [0.25, 0.3) is 0 Å². The number of ether oxygens (including phenoxy) is 1. The number of methoxy groups -OCH3 is 1. The maximum absolute atomic E-state index is 12.4. The van der Waals surface area contributed by atoms with Gasteiger partial charge in [0.2, 0.25) is 0 Å². The molecule has 1 aromatic rings. The second-order valence-electron chi connectivity index (χ2n) is 5.22. The molecule has 23 heavy (non-hydrogen) atoms. The molecule has 3 N–H and O–H groups in total. The van der Waals surface area contributed by atoms with Crippen LogP contribution in [0.3, 0.4) is 0 Å². The third-order valence-corrected chi connectivity index (χ3v) is 3.59. The van der Waals surface area contributed by atoms with Crippen molar-refractivity contribution in [3.05, 3.63) is 41.1 Å². The first kappa shape index (κ1) is 17.0. The van der Waals surface area contributed by atoms with E-state index < -0.39 is 12.1 Å². The molecule has 124 valence electrons. The number of aliphatic hydroxyl groups is 2. The number of aliphatic hydroxyl groups excluding tert-OH is 2. The van der Waals surface area contributed by atoms with Crippen molar-refractivity contribution in [1.82, 2.24) is 4.90 Å². The minimum atomic E-state index is -0.643. The van der Waals surface area contributed by atoms with Gasteiger partial charge in [0.15, 0.2) is 0 Å². The van der Waals surface area contributed by atoms with Crippen LogP contribution in [0, 0.1) is 0 Å². The second-order valence-corrected chi connectivity index (χ2v) is 5.22. The van der Waals surface area contributed by atoms with Crippen molar-refractivity contribution >= 4 is 17.6 Å². The molecule has 0 aliphatic carbocycles. The van der Waals surface area contributed by atoms with Crippen LogP contribution in [-0.4, -0.2) is 53.8 Å². The Morgan fingerprint density at radius 1 is 1.48 bits per heavy atom. The Kier molecular flexibility index (Phi) is 5.36. The van der Waals surface area contributed by atoms with Crippen LogP contribution in [0.2, 0.25) is 0 Å². The van der Waals surface area contributed by atoms with Crippen molar-refractivity contribution in [1.29, 1.82) is 0 Å². The van der Waals surface area contributed by atoms with Gasteiger partial charge in [0.25, 0.3) is 5.91 Å². The Morgan fingerprint density at radius 3 is 2.83 bits per heavy atom. The predicted molar refractivity (Wildman–Crippen MR) is 83.4 cm³/mol. The molecule has 7 nitrogen and oxygen atoms in total. The Morgan fingerprint density at radius 2 is 2.22 bits per heavy atom. The van der Waals surface area contributed by atoms with Crippen LogP contribution in [0.1, 0.15) is 18.6 Å². The molecule has 1 heterocycles. The number of hydrogen-bond acceptors (Lipinski definition) is 6. The molecule has 1 aliphatic rings. The minimum absolute atomic E-state index is 0.0878. The van der Waals surface area contributed by atoms with Gasteiger partial charge in [-0.2, -0.15) is 0 Å². The molecule has 1 aromatic carbocycles. The van der Waals surface area contributed by atoms with Crippen LogP contribution in [0.15, 0.2) is 35.5 Å². The molecular weight excluding hydrogens is 300 g/mol. The average molecular weight is 320 g/mol. The number of anilines is 1. The number of esters is 1. The van der Waals surface area contributed by atoms with Crippen molar-refractivity contribution in [2.75, 3.05) is 32.1 Å². The zero-order chi connectivity index (χ0) is 17.0. The summed E-state index contributed by atoms with van der Waals surface area (Å²) in [6.07, 6.45) is -0.643. The molecule has 0 bridgehead atoms. The van der Waals surface area contributed by atoms with E-state index in [-0.39, 0.29) is 36.9 Å². The number of carbonyl (C=O) groups excluding carboxylic acids is 2. The Balaban J connectivity index is 2.31. The molecule has 0 fully saturated rings. The summed E-state index contributed by atoms with van der Waals surface area (Å²) in [5.41, 5.74) is 1.62. The first-order chi connectivity index (χ1) is 11.0. The molecule has 0 aromatic heterocycles. The average Bonchev–Trinajstić information content (AvgIpc) is 2.84. The minimum Gasteiger partial charge on any atom is -0.466 e. The summed E-state index contributed by atoms with van der Waals surface area (Å²) in [7, 11) is 1.25. The molecule has 2 rings (SSSR count). The van der Waals surface area contributed by atoms with Gasteiger partial charge in [-0.3, -0.25) is 4.79 Å². The highest BCUT2D eigenvalue weighted by Gasteiger charge is 2.34. The number of benzene rings is 1. The van der Waals surface area contributed by atoms with E-state index in [0.717, 1.165) is 0 Å². The topological polar surface area (TPSA) is 99.1 Å². The highest BCUT2D eigenvalue weighted by molar-refractivity contribution is 6.08. The fourth-order valence-corrected chi connectivity index (χ4v) is 2.37. The van der Waals surface area contributed by atoms with Gasteiger partial charge in [-0.1, -0.05) is 12.1 Å². The van der Waals surface area contributed by atoms with Gasteiger partial charge in [0.1, 0.15) is 5.70 Å². The van der Waals surface area contributed by atoms with Gasteiger partial charge in [-0.15, -0.1) is 0 Å². The van der Waals surface area contributed by atoms with Crippen molar-refractivity contribution in [3.63, 3.8) is 0 Å². The molecule has 1 aliphatic heterocycles. The predicted octanol–water partition coefficient (Wildman–Crippen LogP) is 0.413. The van der Waals surface area contributed by atoms with Crippen LogP contribution in [-0.2, 0) is 14.3 Å².